The zero-order valence-electron chi connectivity index (χ0n) is 36.9. The van der Waals surface area contributed by atoms with Gasteiger partial charge in [-0.05, 0) is 51.0 Å². The number of carboxylic acids is 1. The molecule has 0 aliphatic rings. The first kappa shape index (κ1) is 54.3. The fourth-order valence-corrected chi connectivity index (χ4v) is 7.02. The number of amides is 2. The maximum absolute atomic E-state index is 12.7. The van der Waals surface area contributed by atoms with Crippen molar-refractivity contribution in [2.24, 2.45) is 0 Å². The smallest absolute Gasteiger partial charge is 0.328 e. The fraction of sp³-hybridized carbons (Fsp3) is 0.833. The highest BCUT2D eigenvalue weighted by Crippen LogP contribution is 2.17. The van der Waals surface area contributed by atoms with Gasteiger partial charge in [0.15, 0.2) is 0 Å². The number of allylic oxidation sites excluding steroid dienone is 3. The molecule has 332 valence electrons. The molecule has 4 N–H and O–H groups in total. The first-order chi connectivity index (χ1) is 27.8. The Morgan fingerprint density at radius 2 is 1.00 bits per heavy atom. The van der Waals surface area contributed by atoms with Crippen LogP contribution in [0.2, 0.25) is 0 Å². The molecule has 2 atom stereocenters. The van der Waals surface area contributed by atoms with Crippen LogP contribution < -0.4 is 10.6 Å². The average molecular weight is 805 g/mol. The van der Waals surface area contributed by atoms with Gasteiger partial charge in [0.25, 0.3) is 0 Å². The zero-order chi connectivity index (χ0) is 41.9. The number of esters is 1. The summed E-state index contributed by atoms with van der Waals surface area (Å²) in [5.74, 6) is -2.41. The molecule has 0 aromatic carbocycles. The van der Waals surface area contributed by atoms with Crippen molar-refractivity contribution in [2.75, 3.05) is 13.2 Å². The van der Waals surface area contributed by atoms with Crippen LogP contribution in [0.1, 0.15) is 232 Å². The third-order valence-corrected chi connectivity index (χ3v) is 10.7. The summed E-state index contributed by atoms with van der Waals surface area (Å²) in [7, 11) is 0. The second-order valence-corrected chi connectivity index (χ2v) is 16.2. The molecular formula is C48H88N2O7. The average Bonchev–Trinajstić information content (AvgIpc) is 3.20. The van der Waals surface area contributed by atoms with E-state index in [1.165, 1.54) is 148 Å². The van der Waals surface area contributed by atoms with E-state index in [0.717, 1.165) is 51.4 Å². The van der Waals surface area contributed by atoms with Gasteiger partial charge in [-0.3, -0.25) is 14.4 Å². The van der Waals surface area contributed by atoms with Crippen molar-refractivity contribution in [3.63, 3.8) is 0 Å². The van der Waals surface area contributed by atoms with Crippen LogP contribution in [0.4, 0.5) is 0 Å². The number of carbonyl (C=O) groups is 4. The minimum atomic E-state index is -1.39. The number of nitrogens with one attached hydrogen (secondary N) is 2. The van der Waals surface area contributed by atoms with E-state index >= 15 is 0 Å². The Labute approximate surface area is 349 Å². The summed E-state index contributed by atoms with van der Waals surface area (Å²) in [4.78, 5) is 47.6. The Morgan fingerprint density at radius 1 is 0.544 bits per heavy atom. The molecule has 0 radical (unpaired) electrons. The van der Waals surface area contributed by atoms with Crippen molar-refractivity contribution in [3.05, 3.63) is 24.3 Å². The van der Waals surface area contributed by atoms with Crippen molar-refractivity contribution >= 4 is 23.8 Å². The van der Waals surface area contributed by atoms with Gasteiger partial charge in [0.05, 0.1) is 13.2 Å². The van der Waals surface area contributed by atoms with Gasteiger partial charge < -0.3 is 25.6 Å². The number of hydrogen-bond acceptors (Lipinski definition) is 6. The summed E-state index contributed by atoms with van der Waals surface area (Å²) in [6, 6.07) is -1.39. The molecule has 0 rings (SSSR count). The molecule has 0 saturated carbocycles. The SMILES string of the molecule is CCCCC/C=C\C/C=C\C(CCCCCCC(=O)NCC(=O)NC(CO)C(=O)O)OC(=O)CCCCCCCCCCCCCCCCCCCCCCCC. The number of unbranched alkanes of at least 4 members (excludes halogenated alkanes) is 27. The van der Waals surface area contributed by atoms with Gasteiger partial charge in [0.1, 0.15) is 12.1 Å². The van der Waals surface area contributed by atoms with Gasteiger partial charge in [-0.25, -0.2) is 4.79 Å². The van der Waals surface area contributed by atoms with Crippen LogP contribution >= 0.6 is 0 Å². The van der Waals surface area contributed by atoms with E-state index in [0.29, 0.717) is 12.8 Å². The Hall–Kier alpha value is -2.68. The number of aliphatic hydroxyl groups excluding tert-OH is 1. The van der Waals surface area contributed by atoms with Crippen molar-refractivity contribution in [2.45, 2.75) is 244 Å². The Kier molecular flexibility index (Phi) is 40.9. The zero-order valence-corrected chi connectivity index (χ0v) is 36.9. The first-order valence-electron chi connectivity index (χ1n) is 23.7. The van der Waals surface area contributed by atoms with E-state index in [2.05, 4.69) is 42.7 Å². The van der Waals surface area contributed by atoms with Crippen molar-refractivity contribution in [3.8, 4) is 0 Å². The van der Waals surface area contributed by atoms with E-state index in [1.54, 1.807) is 0 Å². The van der Waals surface area contributed by atoms with Gasteiger partial charge in [-0.1, -0.05) is 193 Å². The number of aliphatic hydroxyl groups is 1. The van der Waals surface area contributed by atoms with Gasteiger partial charge in [0, 0.05) is 12.8 Å². The second-order valence-electron chi connectivity index (χ2n) is 16.2. The lowest BCUT2D eigenvalue weighted by Crippen LogP contribution is -2.47. The van der Waals surface area contributed by atoms with Gasteiger partial charge in [0.2, 0.25) is 11.8 Å². The van der Waals surface area contributed by atoms with Crippen LogP contribution in [0.15, 0.2) is 24.3 Å². The molecule has 9 nitrogen and oxygen atoms in total. The molecule has 0 heterocycles. The normalized spacial score (nSPS) is 12.6. The van der Waals surface area contributed by atoms with Crippen LogP contribution in [0.25, 0.3) is 0 Å². The second kappa shape index (κ2) is 42.9. The predicted octanol–water partition coefficient (Wildman–Crippen LogP) is 12.0. The maximum Gasteiger partial charge on any atom is 0.328 e. The van der Waals surface area contributed by atoms with Crippen LogP contribution in [0, 0.1) is 0 Å². The minimum Gasteiger partial charge on any atom is -0.480 e. The van der Waals surface area contributed by atoms with Crippen molar-refractivity contribution < 1.29 is 34.1 Å². The molecule has 0 fully saturated rings. The monoisotopic (exact) mass is 805 g/mol. The predicted molar refractivity (Wildman–Crippen MR) is 236 cm³/mol. The number of aliphatic carboxylic acids is 1. The fourth-order valence-electron chi connectivity index (χ4n) is 7.02. The first-order valence-corrected chi connectivity index (χ1v) is 23.7. The quantitative estimate of drug-likeness (QED) is 0.0273. The summed E-state index contributed by atoms with van der Waals surface area (Å²) < 4.78 is 5.90. The topological polar surface area (TPSA) is 142 Å². The van der Waals surface area contributed by atoms with Gasteiger partial charge in [-0.15, -0.1) is 0 Å². The molecule has 0 aromatic rings. The van der Waals surface area contributed by atoms with Crippen LogP contribution in [0.3, 0.4) is 0 Å². The molecule has 57 heavy (non-hydrogen) atoms. The number of hydrogen-bond donors (Lipinski definition) is 4. The van der Waals surface area contributed by atoms with E-state index < -0.39 is 24.5 Å². The largest absolute Gasteiger partial charge is 0.480 e. The third-order valence-electron chi connectivity index (χ3n) is 10.7. The summed E-state index contributed by atoms with van der Waals surface area (Å²) >= 11 is 0. The highest BCUT2D eigenvalue weighted by molar-refractivity contribution is 5.87. The minimum absolute atomic E-state index is 0.123. The lowest BCUT2D eigenvalue weighted by atomic mass is 10.0. The molecule has 0 saturated heterocycles. The van der Waals surface area contributed by atoms with Gasteiger partial charge >= 0.3 is 11.9 Å². The summed E-state index contributed by atoms with van der Waals surface area (Å²) in [6.45, 7) is 3.43. The van der Waals surface area contributed by atoms with Crippen molar-refractivity contribution in [1.82, 2.24) is 10.6 Å². The molecule has 0 aliphatic heterocycles. The number of carboxylic acid groups (broad SMARTS) is 1. The molecule has 2 amide bonds. The van der Waals surface area contributed by atoms with E-state index in [4.69, 9.17) is 14.9 Å². The molecule has 0 bridgehead atoms. The van der Waals surface area contributed by atoms with E-state index in [9.17, 15) is 19.2 Å². The molecular weight excluding hydrogens is 717 g/mol. The highest BCUT2D eigenvalue weighted by Gasteiger charge is 2.18. The number of carbonyl (C=O) groups excluding carboxylic acids is 3. The summed E-state index contributed by atoms with van der Waals surface area (Å²) in [5, 5.41) is 22.5. The molecule has 2 unspecified atom stereocenters. The van der Waals surface area contributed by atoms with Crippen molar-refractivity contribution in [1.29, 1.82) is 0 Å². The van der Waals surface area contributed by atoms with Crippen LogP contribution in [-0.4, -0.2) is 59.3 Å². The lowest BCUT2D eigenvalue weighted by molar-refractivity contribution is -0.147. The van der Waals surface area contributed by atoms with E-state index in [1.807, 2.05) is 6.08 Å². The summed E-state index contributed by atoms with van der Waals surface area (Å²) in [5.41, 5.74) is 0. The highest BCUT2D eigenvalue weighted by atomic mass is 16.5. The van der Waals surface area contributed by atoms with Gasteiger partial charge in [-0.2, -0.15) is 0 Å². The Bertz CT molecular complexity index is 1010. The molecule has 0 spiro atoms. The maximum atomic E-state index is 12.7. The standard InChI is InChI=1S/C48H88N2O7/c1-3-5-7-9-11-13-14-15-16-17-18-19-20-21-22-23-24-25-26-28-30-36-40-47(54)57-43(37-33-29-27-12-10-8-6-4-2)38-34-31-32-35-39-45(52)49-41-46(53)50-44(42-51)48(55)56/h12,27,33,37,43-44,51H,3-11,13-26,28-32,34-36,38-42H2,1-2H3,(H,49,52)(H,50,53)(H,55,56)/b27-12-,37-33-. The molecule has 9 heteroatoms. The number of ether oxygens (including phenoxy) is 1. The Balaban J connectivity index is 4.10. The van der Waals surface area contributed by atoms with Crippen LogP contribution in [-0.2, 0) is 23.9 Å². The summed E-state index contributed by atoms with van der Waals surface area (Å²) in [6.07, 6.45) is 48.2. The molecule has 0 aliphatic carbocycles. The Morgan fingerprint density at radius 3 is 1.49 bits per heavy atom. The molecule has 0 aromatic heterocycles. The van der Waals surface area contributed by atoms with E-state index in [-0.39, 0.29) is 30.9 Å². The number of rotatable bonds is 43. The van der Waals surface area contributed by atoms with Crippen LogP contribution in [0.5, 0.6) is 0 Å². The third kappa shape index (κ3) is 39.9. The lowest BCUT2D eigenvalue weighted by Gasteiger charge is -2.15.